The maximum absolute atomic E-state index is 13.0. The highest BCUT2D eigenvalue weighted by molar-refractivity contribution is 7.15. The van der Waals surface area contributed by atoms with Crippen LogP contribution in [0.1, 0.15) is 29.3 Å². The standard InChI is InChI=1S/C30H29N3O2S/c1-4-21-12-8-9-19(2)28(21)33-18-24(17-26(33)34)29(35)31-25-15-13-22(14-16-25)27-20(3)36-30(32-27)23-10-6-5-7-11-23/h5-16,24H,4,17-18H2,1-3H3,(H,31,35). The number of para-hydroxylation sites is 1. The third-order valence-electron chi connectivity index (χ3n) is 6.71. The fourth-order valence-electron chi connectivity index (χ4n) is 4.81. The summed E-state index contributed by atoms with van der Waals surface area (Å²) in [7, 11) is 0. The zero-order valence-electron chi connectivity index (χ0n) is 20.7. The van der Waals surface area contributed by atoms with Gasteiger partial charge in [0.25, 0.3) is 0 Å². The Balaban J connectivity index is 1.28. The predicted molar refractivity (Wildman–Crippen MR) is 147 cm³/mol. The van der Waals surface area contributed by atoms with Crippen molar-refractivity contribution < 1.29 is 9.59 Å². The van der Waals surface area contributed by atoms with Crippen molar-refractivity contribution in [3.8, 4) is 21.8 Å². The number of anilines is 2. The molecule has 6 heteroatoms. The van der Waals surface area contributed by atoms with Crippen LogP contribution in [-0.2, 0) is 16.0 Å². The molecule has 0 radical (unpaired) electrons. The molecule has 2 amide bonds. The summed E-state index contributed by atoms with van der Waals surface area (Å²) in [6.45, 7) is 6.59. The van der Waals surface area contributed by atoms with Gasteiger partial charge in [0.05, 0.1) is 11.6 Å². The molecule has 182 valence electrons. The number of rotatable bonds is 6. The van der Waals surface area contributed by atoms with E-state index >= 15 is 0 Å². The van der Waals surface area contributed by atoms with E-state index in [1.165, 1.54) is 0 Å². The van der Waals surface area contributed by atoms with E-state index in [4.69, 9.17) is 4.98 Å². The lowest BCUT2D eigenvalue weighted by molar-refractivity contribution is -0.122. The molecule has 0 aliphatic carbocycles. The van der Waals surface area contributed by atoms with Crippen LogP contribution in [0.4, 0.5) is 11.4 Å². The molecule has 1 atom stereocenters. The number of thiazole rings is 1. The fraction of sp³-hybridized carbons (Fsp3) is 0.233. The molecular formula is C30H29N3O2S. The van der Waals surface area contributed by atoms with Crippen LogP contribution < -0.4 is 10.2 Å². The van der Waals surface area contributed by atoms with E-state index in [-0.39, 0.29) is 24.2 Å². The van der Waals surface area contributed by atoms with Crippen molar-refractivity contribution in [2.75, 3.05) is 16.8 Å². The number of benzene rings is 3. The van der Waals surface area contributed by atoms with Gasteiger partial charge < -0.3 is 10.2 Å². The topological polar surface area (TPSA) is 62.3 Å². The first kappa shape index (κ1) is 23.9. The maximum Gasteiger partial charge on any atom is 0.229 e. The van der Waals surface area contributed by atoms with Gasteiger partial charge in [0.1, 0.15) is 5.01 Å². The molecule has 1 aliphatic rings. The molecule has 1 saturated heterocycles. The molecule has 2 heterocycles. The van der Waals surface area contributed by atoms with Crippen molar-refractivity contribution in [2.45, 2.75) is 33.6 Å². The second-order valence-electron chi connectivity index (χ2n) is 9.20. The average molecular weight is 496 g/mol. The SMILES string of the molecule is CCc1cccc(C)c1N1CC(C(=O)Nc2ccc(-c3nc(-c4ccccc4)sc3C)cc2)CC1=O. The Morgan fingerprint density at radius 1 is 1.00 bits per heavy atom. The normalized spacial score (nSPS) is 15.4. The van der Waals surface area contributed by atoms with Gasteiger partial charge in [0, 0.05) is 40.3 Å². The summed E-state index contributed by atoms with van der Waals surface area (Å²) < 4.78 is 0. The Bertz CT molecular complexity index is 1410. The Morgan fingerprint density at radius 2 is 1.75 bits per heavy atom. The lowest BCUT2D eigenvalue weighted by atomic mass is 10.0. The van der Waals surface area contributed by atoms with Crippen molar-refractivity contribution in [2.24, 2.45) is 5.92 Å². The minimum Gasteiger partial charge on any atom is -0.326 e. The summed E-state index contributed by atoms with van der Waals surface area (Å²) in [6, 6.07) is 24.0. The van der Waals surface area contributed by atoms with Crippen LogP contribution in [0.15, 0.2) is 72.8 Å². The summed E-state index contributed by atoms with van der Waals surface area (Å²) in [5.74, 6) is -0.500. The Hall–Kier alpha value is -3.77. The molecule has 3 aromatic carbocycles. The summed E-state index contributed by atoms with van der Waals surface area (Å²) in [4.78, 5) is 33.7. The number of carbonyl (C=O) groups excluding carboxylic acids is 2. The van der Waals surface area contributed by atoms with Gasteiger partial charge in [-0.3, -0.25) is 9.59 Å². The average Bonchev–Trinajstić information content (AvgIpc) is 3.47. The number of aromatic nitrogens is 1. The van der Waals surface area contributed by atoms with E-state index in [1.807, 2.05) is 61.5 Å². The lowest BCUT2D eigenvalue weighted by Gasteiger charge is -2.22. The Labute approximate surface area is 215 Å². The quantitative estimate of drug-likeness (QED) is 0.326. The zero-order chi connectivity index (χ0) is 25.2. The molecule has 0 spiro atoms. The van der Waals surface area contributed by atoms with Crippen LogP contribution >= 0.6 is 11.3 Å². The molecule has 1 aliphatic heterocycles. The first-order chi connectivity index (χ1) is 17.4. The van der Waals surface area contributed by atoms with Gasteiger partial charge in [-0.2, -0.15) is 0 Å². The second-order valence-corrected chi connectivity index (χ2v) is 10.4. The molecular weight excluding hydrogens is 466 g/mol. The number of nitrogens with one attached hydrogen (secondary N) is 1. The number of hydrogen-bond acceptors (Lipinski definition) is 4. The summed E-state index contributed by atoms with van der Waals surface area (Å²) in [6.07, 6.45) is 1.07. The minimum absolute atomic E-state index is 0.00252. The van der Waals surface area contributed by atoms with Gasteiger partial charge in [0.15, 0.2) is 0 Å². The zero-order valence-corrected chi connectivity index (χ0v) is 21.6. The third-order valence-corrected chi connectivity index (χ3v) is 7.73. The summed E-state index contributed by atoms with van der Waals surface area (Å²) >= 11 is 1.68. The predicted octanol–water partition coefficient (Wildman–Crippen LogP) is 6.65. The second kappa shape index (κ2) is 10.1. The van der Waals surface area contributed by atoms with Crippen LogP contribution in [0.25, 0.3) is 21.8 Å². The van der Waals surface area contributed by atoms with Gasteiger partial charge >= 0.3 is 0 Å². The van der Waals surface area contributed by atoms with Crippen LogP contribution in [0, 0.1) is 19.8 Å². The van der Waals surface area contributed by atoms with Crippen molar-refractivity contribution in [1.29, 1.82) is 0 Å². The maximum atomic E-state index is 13.0. The number of nitrogens with zero attached hydrogens (tertiary/aromatic N) is 2. The Kier molecular flexibility index (Phi) is 6.70. The van der Waals surface area contributed by atoms with Crippen LogP contribution in [0.5, 0.6) is 0 Å². The fourth-order valence-corrected chi connectivity index (χ4v) is 5.76. The number of carbonyl (C=O) groups is 2. The van der Waals surface area contributed by atoms with E-state index in [1.54, 1.807) is 16.2 Å². The largest absolute Gasteiger partial charge is 0.326 e. The van der Waals surface area contributed by atoms with Gasteiger partial charge in [-0.1, -0.05) is 67.6 Å². The monoisotopic (exact) mass is 495 g/mol. The highest BCUT2D eigenvalue weighted by atomic mass is 32.1. The molecule has 1 fully saturated rings. The summed E-state index contributed by atoms with van der Waals surface area (Å²) in [5, 5.41) is 4.00. The lowest BCUT2D eigenvalue weighted by Crippen LogP contribution is -2.29. The highest BCUT2D eigenvalue weighted by Gasteiger charge is 2.36. The molecule has 0 saturated carbocycles. The molecule has 4 aromatic rings. The van der Waals surface area contributed by atoms with E-state index in [0.717, 1.165) is 55.6 Å². The van der Waals surface area contributed by atoms with E-state index in [0.29, 0.717) is 6.54 Å². The Morgan fingerprint density at radius 3 is 2.47 bits per heavy atom. The van der Waals surface area contributed by atoms with E-state index in [2.05, 4.69) is 37.4 Å². The number of amides is 2. The van der Waals surface area contributed by atoms with Crippen LogP contribution in [0.2, 0.25) is 0 Å². The van der Waals surface area contributed by atoms with Crippen molar-refractivity contribution >= 4 is 34.5 Å². The van der Waals surface area contributed by atoms with Crippen LogP contribution in [-0.4, -0.2) is 23.3 Å². The van der Waals surface area contributed by atoms with E-state index < -0.39 is 0 Å². The van der Waals surface area contributed by atoms with Crippen LogP contribution in [0.3, 0.4) is 0 Å². The molecule has 5 rings (SSSR count). The first-order valence-corrected chi connectivity index (χ1v) is 13.1. The van der Waals surface area contributed by atoms with Crippen molar-refractivity contribution in [1.82, 2.24) is 4.98 Å². The van der Waals surface area contributed by atoms with Crippen molar-refractivity contribution in [3.05, 3.63) is 88.8 Å². The summed E-state index contributed by atoms with van der Waals surface area (Å²) in [5.41, 5.74) is 6.95. The first-order valence-electron chi connectivity index (χ1n) is 12.3. The minimum atomic E-state index is -0.379. The number of aryl methyl sites for hydroxylation is 3. The van der Waals surface area contributed by atoms with Gasteiger partial charge in [-0.25, -0.2) is 4.98 Å². The molecule has 0 bridgehead atoms. The van der Waals surface area contributed by atoms with E-state index in [9.17, 15) is 9.59 Å². The van der Waals surface area contributed by atoms with Gasteiger partial charge in [-0.05, 0) is 43.5 Å². The van der Waals surface area contributed by atoms with Gasteiger partial charge in [0.2, 0.25) is 11.8 Å². The molecule has 1 N–H and O–H groups in total. The smallest absolute Gasteiger partial charge is 0.229 e. The third kappa shape index (κ3) is 4.69. The molecule has 36 heavy (non-hydrogen) atoms. The number of hydrogen-bond donors (Lipinski definition) is 1. The highest BCUT2D eigenvalue weighted by Crippen LogP contribution is 2.34. The molecule has 5 nitrogen and oxygen atoms in total. The van der Waals surface area contributed by atoms with Gasteiger partial charge in [-0.15, -0.1) is 11.3 Å². The molecule has 1 aromatic heterocycles. The molecule has 1 unspecified atom stereocenters. The van der Waals surface area contributed by atoms with Crippen molar-refractivity contribution in [3.63, 3.8) is 0 Å².